The molecule has 0 aromatic carbocycles. The van der Waals surface area contributed by atoms with Gasteiger partial charge in [-0.3, -0.25) is 10.1 Å². The van der Waals surface area contributed by atoms with Crippen LogP contribution in [-0.2, 0) is 0 Å². The maximum Gasteiger partial charge on any atom is 0.433 e. The van der Waals surface area contributed by atoms with Crippen LogP contribution in [0.25, 0.3) is 11.7 Å². The largest absolute Gasteiger partial charge is 0.433 e. The van der Waals surface area contributed by atoms with E-state index >= 15 is 0 Å². The Balaban J connectivity index is 2.38. The van der Waals surface area contributed by atoms with Crippen molar-refractivity contribution in [1.82, 2.24) is 10.2 Å². The number of nitrogens with zero attached hydrogens (tertiary/aromatic N) is 3. The van der Waals surface area contributed by atoms with Crippen LogP contribution in [0.1, 0.15) is 0 Å². The molecule has 2 heterocycles. The second-order valence-electron chi connectivity index (χ2n) is 2.26. The summed E-state index contributed by atoms with van der Waals surface area (Å²) in [6, 6.07) is 2.60. The average Bonchev–Trinajstić information content (AvgIpc) is 2.70. The summed E-state index contributed by atoms with van der Waals surface area (Å²) in [5.74, 6) is -0.116. The summed E-state index contributed by atoms with van der Waals surface area (Å²) >= 11 is 2.95. The first-order valence-corrected chi connectivity index (χ1v) is 4.20. The smallest absolute Gasteiger partial charge is 0.408 e. The molecule has 0 amide bonds. The highest BCUT2D eigenvalue weighted by atomic mass is 79.9. The molecule has 0 fully saturated rings. The van der Waals surface area contributed by atoms with Gasteiger partial charge >= 0.3 is 5.88 Å². The van der Waals surface area contributed by atoms with Gasteiger partial charge in [-0.05, 0) is 6.07 Å². The Bertz CT molecular complexity index is 477. The van der Waals surface area contributed by atoms with Crippen LogP contribution in [0.4, 0.5) is 5.88 Å². The van der Waals surface area contributed by atoms with Crippen LogP contribution in [0.5, 0.6) is 0 Å². The van der Waals surface area contributed by atoms with E-state index in [0.717, 1.165) is 0 Å². The van der Waals surface area contributed by atoms with E-state index in [1.165, 1.54) is 12.1 Å². The molecule has 0 bridgehead atoms. The molecule has 0 saturated carbocycles. The fraction of sp³-hybridized carbons (Fsp3) is 0. The highest BCUT2D eigenvalue weighted by molar-refractivity contribution is 9.10. The Labute approximate surface area is 85.0 Å². The Morgan fingerprint density at radius 3 is 2.64 bits per heavy atom. The van der Waals surface area contributed by atoms with E-state index in [1.807, 2.05) is 0 Å². The summed E-state index contributed by atoms with van der Waals surface area (Å²) in [6.07, 6.45) is 0. The van der Waals surface area contributed by atoms with Crippen molar-refractivity contribution in [1.29, 1.82) is 0 Å². The van der Waals surface area contributed by atoms with Crippen molar-refractivity contribution < 1.29 is 13.8 Å². The van der Waals surface area contributed by atoms with Crippen molar-refractivity contribution in [3.05, 3.63) is 27.0 Å². The van der Waals surface area contributed by atoms with Gasteiger partial charge in [-0.25, -0.2) is 0 Å². The van der Waals surface area contributed by atoms with E-state index in [-0.39, 0.29) is 22.3 Å². The zero-order valence-electron chi connectivity index (χ0n) is 6.51. The number of furan rings is 1. The second-order valence-corrected chi connectivity index (χ2v) is 2.93. The average molecular weight is 260 g/mol. The maximum absolute atomic E-state index is 10.3. The van der Waals surface area contributed by atoms with Gasteiger partial charge in [-0.15, -0.1) is 10.2 Å². The minimum Gasteiger partial charge on any atom is -0.408 e. The minimum atomic E-state index is -0.644. The van der Waals surface area contributed by atoms with Crippen LogP contribution in [0.2, 0.25) is 0 Å². The molecule has 72 valence electrons. The van der Waals surface area contributed by atoms with Gasteiger partial charge in [-0.2, -0.15) is 0 Å². The molecule has 0 aliphatic heterocycles. The Morgan fingerprint density at radius 1 is 1.36 bits per heavy atom. The summed E-state index contributed by atoms with van der Waals surface area (Å²) in [6.45, 7) is 0. The molecule has 0 radical (unpaired) electrons. The zero-order chi connectivity index (χ0) is 10.1. The van der Waals surface area contributed by atoms with Gasteiger partial charge in [0.25, 0.3) is 10.7 Å². The van der Waals surface area contributed by atoms with Crippen molar-refractivity contribution in [2.45, 2.75) is 0 Å². The van der Waals surface area contributed by atoms with E-state index in [4.69, 9.17) is 8.83 Å². The van der Waals surface area contributed by atoms with Crippen LogP contribution in [0.3, 0.4) is 0 Å². The minimum absolute atomic E-state index is 0.0879. The van der Waals surface area contributed by atoms with Crippen molar-refractivity contribution >= 4 is 21.8 Å². The number of halogens is 1. The van der Waals surface area contributed by atoms with Crippen LogP contribution < -0.4 is 0 Å². The third-order valence-electron chi connectivity index (χ3n) is 1.38. The molecule has 2 aromatic heterocycles. The summed E-state index contributed by atoms with van der Waals surface area (Å²) in [5.41, 5.74) is 0. The van der Waals surface area contributed by atoms with Gasteiger partial charge in [0.15, 0.2) is 5.76 Å². The SMILES string of the molecule is O=[N+]([O-])c1ccc(-c2nnc(Br)o2)o1. The van der Waals surface area contributed by atoms with E-state index in [1.54, 1.807) is 0 Å². The first-order valence-electron chi connectivity index (χ1n) is 3.40. The fourth-order valence-corrected chi connectivity index (χ4v) is 1.08. The maximum atomic E-state index is 10.3. The van der Waals surface area contributed by atoms with Crippen LogP contribution in [-0.4, -0.2) is 15.1 Å². The van der Waals surface area contributed by atoms with E-state index in [0.29, 0.717) is 0 Å². The van der Waals surface area contributed by atoms with Crippen molar-refractivity contribution in [3.8, 4) is 11.7 Å². The summed E-state index contributed by atoms with van der Waals surface area (Å²) in [7, 11) is 0. The van der Waals surface area contributed by atoms with Gasteiger partial charge < -0.3 is 8.83 Å². The molecule has 0 spiro atoms. The lowest BCUT2D eigenvalue weighted by Gasteiger charge is -1.84. The molecule has 14 heavy (non-hydrogen) atoms. The monoisotopic (exact) mass is 259 g/mol. The Kier molecular flexibility index (Phi) is 2.04. The topological polar surface area (TPSA) is 95.2 Å². The number of nitro groups is 1. The van der Waals surface area contributed by atoms with Crippen molar-refractivity contribution in [2.75, 3.05) is 0 Å². The Morgan fingerprint density at radius 2 is 2.14 bits per heavy atom. The van der Waals surface area contributed by atoms with Gasteiger partial charge in [0.05, 0.1) is 6.07 Å². The predicted molar refractivity (Wildman–Crippen MR) is 46.4 cm³/mol. The van der Waals surface area contributed by atoms with Gasteiger partial charge in [0.2, 0.25) is 0 Å². The molecular formula is C6H2BrN3O4. The summed E-state index contributed by atoms with van der Waals surface area (Å²) < 4.78 is 9.77. The quantitative estimate of drug-likeness (QED) is 0.605. The zero-order valence-corrected chi connectivity index (χ0v) is 8.09. The molecule has 0 unspecified atom stereocenters. The standard InChI is InChI=1S/C6H2BrN3O4/c7-6-9-8-5(14-6)3-1-2-4(13-3)10(11)12/h1-2H. The van der Waals surface area contributed by atoms with E-state index in [9.17, 15) is 10.1 Å². The lowest BCUT2D eigenvalue weighted by Crippen LogP contribution is -1.82. The predicted octanol–water partition coefficient (Wildman–Crippen LogP) is 2.00. The third-order valence-corrected chi connectivity index (χ3v) is 1.70. The van der Waals surface area contributed by atoms with Crippen LogP contribution in [0, 0.1) is 10.1 Å². The first kappa shape index (κ1) is 8.88. The van der Waals surface area contributed by atoms with Crippen molar-refractivity contribution in [2.24, 2.45) is 0 Å². The molecule has 0 aliphatic carbocycles. The molecule has 0 aliphatic rings. The Hall–Kier alpha value is -1.70. The van der Waals surface area contributed by atoms with Gasteiger partial charge in [0.1, 0.15) is 4.92 Å². The molecule has 7 nitrogen and oxygen atoms in total. The highest BCUT2D eigenvalue weighted by Gasteiger charge is 2.16. The van der Waals surface area contributed by atoms with E-state index in [2.05, 4.69) is 26.1 Å². The molecule has 2 rings (SSSR count). The van der Waals surface area contributed by atoms with Crippen LogP contribution >= 0.6 is 15.9 Å². The highest BCUT2D eigenvalue weighted by Crippen LogP contribution is 2.25. The van der Waals surface area contributed by atoms with Gasteiger partial charge in [-0.1, -0.05) is 0 Å². The number of aromatic nitrogens is 2. The first-order chi connectivity index (χ1) is 6.66. The molecule has 0 atom stereocenters. The second kappa shape index (κ2) is 3.22. The summed E-state index contributed by atoms with van der Waals surface area (Å²) in [5, 5.41) is 17.4. The lowest BCUT2D eigenvalue weighted by atomic mass is 10.4. The van der Waals surface area contributed by atoms with E-state index < -0.39 is 4.92 Å². The molecule has 0 N–H and O–H groups in total. The van der Waals surface area contributed by atoms with Crippen molar-refractivity contribution in [3.63, 3.8) is 0 Å². The number of rotatable bonds is 2. The molecular weight excluding hydrogens is 258 g/mol. The molecule has 8 heteroatoms. The third kappa shape index (κ3) is 1.51. The normalized spacial score (nSPS) is 10.4. The van der Waals surface area contributed by atoms with Crippen LogP contribution in [0.15, 0.2) is 25.8 Å². The number of hydrogen-bond donors (Lipinski definition) is 0. The number of hydrogen-bond acceptors (Lipinski definition) is 6. The lowest BCUT2D eigenvalue weighted by molar-refractivity contribution is -0.401. The van der Waals surface area contributed by atoms with Gasteiger partial charge in [0, 0.05) is 15.9 Å². The molecule has 2 aromatic rings. The molecule has 0 saturated heterocycles. The fourth-order valence-electron chi connectivity index (χ4n) is 0.846. The summed E-state index contributed by atoms with van der Waals surface area (Å²) in [4.78, 5) is 9.83.